The molecule has 0 aromatic heterocycles. The Morgan fingerprint density at radius 2 is 2.21 bits per heavy atom. The SMILES string of the molecule is O=C1O[C@H](CBr)CCc2ccccc21. The number of alkyl halides is 1. The summed E-state index contributed by atoms with van der Waals surface area (Å²) in [6.45, 7) is 0. The van der Waals surface area contributed by atoms with Crippen molar-refractivity contribution in [2.75, 3.05) is 5.33 Å². The van der Waals surface area contributed by atoms with E-state index in [1.54, 1.807) is 0 Å². The second-order valence-electron chi connectivity index (χ2n) is 3.38. The minimum Gasteiger partial charge on any atom is -0.458 e. The molecule has 14 heavy (non-hydrogen) atoms. The summed E-state index contributed by atoms with van der Waals surface area (Å²) in [6, 6.07) is 7.65. The third kappa shape index (κ3) is 1.82. The molecular weight excluding hydrogens is 244 g/mol. The van der Waals surface area contributed by atoms with E-state index in [9.17, 15) is 4.79 Å². The lowest BCUT2D eigenvalue weighted by Gasteiger charge is -2.10. The van der Waals surface area contributed by atoms with Crippen LogP contribution in [0, 0.1) is 0 Å². The lowest BCUT2D eigenvalue weighted by molar-refractivity contribution is 0.0356. The zero-order chi connectivity index (χ0) is 9.97. The molecule has 1 heterocycles. The van der Waals surface area contributed by atoms with Gasteiger partial charge in [0.15, 0.2) is 0 Å². The molecule has 0 spiro atoms. The second kappa shape index (κ2) is 4.13. The maximum Gasteiger partial charge on any atom is 0.338 e. The number of cyclic esters (lactones) is 1. The first-order valence-electron chi connectivity index (χ1n) is 4.66. The van der Waals surface area contributed by atoms with Crippen LogP contribution < -0.4 is 0 Å². The maximum atomic E-state index is 11.6. The zero-order valence-electron chi connectivity index (χ0n) is 7.70. The molecule has 1 atom stereocenters. The molecule has 1 aromatic rings. The van der Waals surface area contributed by atoms with Gasteiger partial charge in [-0.25, -0.2) is 4.79 Å². The topological polar surface area (TPSA) is 26.3 Å². The Labute approximate surface area is 91.4 Å². The standard InChI is InChI=1S/C11H11BrO2/c12-7-9-6-5-8-3-1-2-4-10(8)11(13)14-9/h1-4,9H,5-7H2/t9-/m0/s1. The molecule has 0 saturated carbocycles. The number of rotatable bonds is 1. The molecule has 1 aliphatic heterocycles. The van der Waals surface area contributed by atoms with Crippen molar-refractivity contribution in [2.45, 2.75) is 18.9 Å². The van der Waals surface area contributed by atoms with Crippen molar-refractivity contribution in [3.05, 3.63) is 35.4 Å². The smallest absolute Gasteiger partial charge is 0.338 e. The number of aryl methyl sites for hydroxylation is 1. The van der Waals surface area contributed by atoms with Gasteiger partial charge in [-0.2, -0.15) is 0 Å². The number of halogens is 1. The van der Waals surface area contributed by atoms with Crippen molar-refractivity contribution in [1.82, 2.24) is 0 Å². The first-order valence-corrected chi connectivity index (χ1v) is 5.78. The van der Waals surface area contributed by atoms with Crippen LogP contribution >= 0.6 is 15.9 Å². The van der Waals surface area contributed by atoms with Crippen molar-refractivity contribution in [3.63, 3.8) is 0 Å². The number of benzene rings is 1. The van der Waals surface area contributed by atoms with Crippen LogP contribution in [0.5, 0.6) is 0 Å². The molecule has 0 amide bonds. The summed E-state index contributed by atoms with van der Waals surface area (Å²) in [4.78, 5) is 11.6. The van der Waals surface area contributed by atoms with Gasteiger partial charge in [-0.05, 0) is 24.5 Å². The van der Waals surface area contributed by atoms with Gasteiger partial charge in [0.05, 0.1) is 5.56 Å². The molecular formula is C11H11BrO2. The van der Waals surface area contributed by atoms with E-state index in [2.05, 4.69) is 15.9 Å². The molecule has 0 N–H and O–H groups in total. The van der Waals surface area contributed by atoms with E-state index < -0.39 is 0 Å². The van der Waals surface area contributed by atoms with Gasteiger partial charge in [-0.15, -0.1) is 0 Å². The Morgan fingerprint density at radius 1 is 1.43 bits per heavy atom. The van der Waals surface area contributed by atoms with Gasteiger partial charge in [0.2, 0.25) is 0 Å². The predicted molar refractivity (Wildman–Crippen MR) is 57.8 cm³/mol. The monoisotopic (exact) mass is 254 g/mol. The van der Waals surface area contributed by atoms with E-state index in [0.717, 1.165) is 24.0 Å². The van der Waals surface area contributed by atoms with Gasteiger partial charge in [0, 0.05) is 5.33 Å². The van der Waals surface area contributed by atoms with Crippen LogP contribution in [-0.4, -0.2) is 17.4 Å². The van der Waals surface area contributed by atoms with Crippen molar-refractivity contribution in [1.29, 1.82) is 0 Å². The zero-order valence-corrected chi connectivity index (χ0v) is 9.29. The van der Waals surface area contributed by atoms with Crippen LogP contribution in [0.4, 0.5) is 0 Å². The van der Waals surface area contributed by atoms with Crippen molar-refractivity contribution in [2.24, 2.45) is 0 Å². The summed E-state index contributed by atoms with van der Waals surface area (Å²) in [7, 11) is 0. The fourth-order valence-electron chi connectivity index (χ4n) is 1.64. The molecule has 0 fully saturated rings. The number of hydrogen-bond donors (Lipinski definition) is 0. The van der Waals surface area contributed by atoms with Gasteiger partial charge in [-0.1, -0.05) is 34.1 Å². The highest BCUT2D eigenvalue weighted by Gasteiger charge is 2.21. The van der Waals surface area contributed by atoms with Gasteiger partial charge < -0.3 is 4.74 Å². The number of esters is 1. The normalized spacial score (nSPS) is 20.9. The van der Waals surface area contributed by atoms with Crippen LogP contribution in [0.1, 0.15) is 22.3 Å². The summed E-state index contributed by atoms with van der Waals surface area (Å²) >= 11 is 3.34. The van der Waals surface area contributed by atoms with Crippen LogP contribution in [0.15, 0.2) is 24.3 Å². The Kier molecular flexibility index (Phi) is 2.87. The number of hydrogen-bond acceptors (Lipinski definition) is 2. The number of fused-ring (bicyclic) bond motifs is 1. The highest BCUT2D eigenvalue weighted by atomic mass is 79.9. The maximum absolute atomic E-state index is 11.6. The fourth-order valence-corrected chi connectivity index (χ4v) is 2.09. The van der Waals surface area contributed by atoms with Crippen molar-refractivity contribution in [3.8, 4) is 0 Å². The first-order chi connectivity index (χ1) is 6.81. The van der Waals surface area contributed by atoms with E-state index in [0.29, 0.717) is 5.33 Å². The molecule has 0 unspecified atom stereocenters. The molecule has 0 saturated heterocycles. The van der Waals surface area contributed by atoms with E-state index in [1.165, 1.54) is 0 Å². The average Bonchev–Trinajstić information content (AvgIpc) is 2.39. The van der Waals surface area contributed by atoms with Crippen molar-refractivity contribution >= 4 is 21.9 Å². The molecule has 0 radical (unpaired) electrons. The quantitative estimate of drug-likeness (QED) is 0.569. The van der Waals surface area contributed by atoms with Crippen molar-refractivity contribution < 1.29 is 9.53 Å². The van der Waals surface area contributed by atoms with Crippen LogP contribution in [0.2, 0.25) is 0 Å². The van der Waals surface area contributed by atoms with E-state index in [4.69, 9.17) is 4.74 Å². The fraction of sp³-hybridized carbons (Fsp3) is 0.364. The van der Waals surface area contributed by atoms with E-state index in [1.807, 2.05) is 24.3 Å². The van der Waals surface area contributed by atoms with Crippen LogP contribution in [0.3, 0.4) is 0 Å². The van der Waals surface area contributed by atoms with Crippen LogP contribution in [-0.2, 0) is 11.2 Å². The summed E-state index contributed by atoms with van der Waals surface area (Å²) in [5, 5.41) is 0.715. The van der Waals surface area contributed by atoms with E-state index in [-0.39, 0.29) is 12.1 Å². The summed E-state index contributed by atoms with van der Waals surface area (Å²) in [5.41, 5.74) is 1.82. The molecule has 3 heteroatoms. The van der Waals surface area contributed by atoms with Gasteiger partial charge in [0.25, 0.3) is 0 Å². The molecule has 74 valence electrons. The molecule has 1 aliphatic rings. The molecule has 0 aliphatic carbocycles. The second-order valence-corrected chi connectivity index (χ2v) is 4.02. The number of carbonyl (C=O) groups excluding carboxylic acids is 1. The Balaban J connectivity index is 2.31. The van der Waals surface area contributed by atoms with Gasteiger partial charge in [0.1, 0.15) is 6.10 Å². The summed E-state index contributed by atoms with van der Waals surface area (Å²) in [6.07, 6.45) is 1.82. The Morgan fingerprint density at radius 3 is 3.00 bits per heavy atom. The largest absolute Gasteiger partial charge is 0.458 e. The lowest BCUT2D eigenvalue weighted by atomic mass is 10.0. The van der Waals surface area contributed by atoms with Gasteiger partial charge in [-0.3, -0.25) is 0 Å². The Hall–Kier alpha value is -0.830. The molecule has 1 aromatic carbocycles. The van der Waals surface area contributed by atoms with Crippen LogP contribution in [0.25, 0.3) is 0 Å². The van der Waals surface area contributed by atoms with Gasteiger partial charge >= 0.3 is 5.97 Å². The predicted octanol–water partition coefficient (Wildman–Crippen LogP) is 2.55. The van der Waals surface area contributed by atoms with E-state index >= 15 is 0 Å². The third-order valence-electron chi connectivity index (χ3n) is 2.42. The number of carbonyl (C=O) groups is 1. The first kappa shape index (κ1) is 9.71. The molecule has 2 rings (SSSR count). The third-order valence-corrected chi connectivity index (χ3v) is 3.14. The lowest BCUT2D eigenvalue weighted by Crippen LogP contribution is -2.17. The minimum atomic E-state index is -0.192. The average molecular weight is 255 g/mol. The minimum absolute atomic E-state index is 0.00917. The highest BCUT2D eigenvalue weighted by molar-refractivity contribution is 9.09. The highest BCUT2D eigenvalue weighted by Crippen LogP contribution is 2.20. The summed E-state index contributed by atoms with van der Waals surface area (Å²) < 4.78 is 5.30. The molecule has 0 bridgehead atoms. The summed E-state index contributed by atoms with van der Waals surface area (Å²) in [5.74, 6) is -0.192. The molecule has 2 nitrogen and oxygen atoms in total. The number of ether oxygens (including phenoxy) is 1. The Bertz CT molecular complexity index is 349.